The first-order chi connectivity index (χ1) is 14.6. The lowest BCUT2D eigenvalue weighted by atomic mass is 10.2. The summed E-state index contributed by atoms with van der Waals surface area (Å²) in [5.74, 6) is -0.0383. The van der Waals surface area contributed by atoms with E-state index in [4.69, 9.17) is 0 Å². The molecule has 0 spiro atoms. The summed E-state index contributed by atoms with van der Waals surface area (Å²) in [6.45, 7) is 0. The zero-order valence-corrected chi connectivity index (χ0v) is 16.5. The Bertz CT molecular complexity index is 1300. The third kappa shape index (κ3) is 3.26. The third-order valence-corrected chi connectivity index (χ3v) is 6.02. The van der Waals surface area contributed by atoms with E-state index in [2.05, 4.69) is 15.4 Å². The van der Waals surface area contributed by atoms with Crippen molar-refractivity contribution < 1.29 is 9.18 Å². The van der Waals surface area contributed by atoms with E-state index in [1.165, 1.54) is 42.2 Å². The normalized spacial score (nSPS) is 15.3. The largest absolute Gasteiger partial charge is 0.326 e. The lowest BCUT2D eigenvalue weighted by Gasteiger charge is -2.13. The van der Waals surface area contributed by atoms with Crippen LogP contribution in [-0.2, 0) is 4.79 Å². The number of benzene rings is 2. The molecule has 3 heterocycles. The van der Waals surface area contributed by atoms with E-state index in [1.54, 1.807) is 9.25 Å². The molecule has 1 amide bonds. The highest BCUT2D eigenvalue weighted by atomic mass is 32.2. The maximum Gasteiger partial charge on any atom is 0.265 e. The first kappa shape index (κ1) is 18.6. The Morgan fingerprint density at radius 3 is 2.70 bits per heavy atom. The van der Waals surface area contributed by atoms with Crippen molar-refractivity contribution in [1.82, 2.24) is 19.3 Å². The van der Waals surface area contributed by atoms with Gasteiger partial charge in [0.2, 0.25) is 5.91 Å². The number of aromatic nitrogens is 4. The second-order valence-electron chi connectivity index (χ2n) is 6.92. The Morgan fingerprint density at radius 1 is 1.17 bits per heavy atom. The Balaban J connectivity index is 1.44. The first-order valence-corrected chi connectivity index (χ1v) is 10.3. The molecule has 5 rings (SSSR count). The zero-order chi connectivity index (χ0) is 20.7. The Hall–Kier alpha value is -3.46. The quantitative estimate of drug-likeness (QED) is 0.511. The van der Waals surface area contributed by atoms with Gasteiger partial charge >= 0.3 is 0 Å². The van der Waals surface area contributed by atoms with Gasteiger partial charge in [0.05, 0.1) is 17.9 Å². The summed E-state index contributed by atoms with van der Waals surface area (Å²) in [5, 5.41) is 8.06. The molecule has 0 saturated carbocycles. The summed E-state index contributed by atoms with van der Waals surface area (Å²) in [4.78, 5) is 30.3. The predicted octanol–water partition coefficient (Wildman–Crippen LogP) is 3.40. The smallest absolute Gasteiger partial charge is 0.265 e. The van der Waals surface area contributed by atoms with Crippen molar-refractivity contribution in [2.45, 2.75) is 17.6 Å². The van der Waals surface area contributed by atoms with E-state index in [0.717, 1.165) is 5.69 Å². The molecular weight excluding hydrogens is 405 g/mol. The van der Waals surface area contributed by atoms with Crippen LogP contribution in [0.2, 0.25) is 0 Å². The molecule has 2 aromatic carbocycles. The molecule has 0 saturated heterocycles. The van der Waals surface area contributed by atoms with Gasteiger partial charge in [0, 0.05) is 17.9 Å². The molecule has 2 aromatic heterocycles. The molecule has 150 valence electrons. The number of anilines is 1. The summed E-state index contributed by atoms with van der Waals surface area (Å²) in [5.41, 5.74) is 1.63. The van der Waals surface area contributed by atoms with Crippen LogP contribution in [0.4, 0.5) is 10.1 Å². The fraction of sp³-hybridized carbons (Fsp3) is 0.143. The Labute approximate surface area is 174 Å². The standard InChI is InChI=1S/C21H16FN5O2S/c22-13-6-8-14(9-7-13)24-18(28)10-16-12-30-21-25-19-17(20(29)26(16)21)11-23-27(19)15-4-2-1-3-5-15/h1-9,11,16H,10,12H2,(H,24,28)/t16-/m0/s1. The van der Waals surface area contributed by atoms with Crippen LogP contribution in [0.1, 0.15) is 12.5 Å². The second-order valence-corrected chi connectivity index (χ2v) is 7.91. The van der Waals surface area contributed by atoms with Gasteiger partial charge in [0.1, 0.15) is 11.2 Å². The average molecular weight is 421 g/mol. The van der Waals surface area contributed by atoms with Crippen LogP contribution < -0.4 is 10.9 Å². The molecular formula is C21H16FN5O2S. The fourth-order valence-electron chi connectivity index (χ4n) is 3.50. The molecule has 0 fully saturated rings. The number of thioether (sulfide) groups is 1. The van der Waals surface area contributed by atoms with Gasteiger partial charge in [-0.2, -0.15) is 5.10 Å². The number of halogens is 1. The summed E-state index contributed by atoms with van der Waals surface area (Å²) in [7, 11) is 0. The predicted molar refractivity (Wildman–Crippen MR) is 113 cm³/mol. The maximum absolute atomic E-state index is 13.1. The van der Waals surface area contributed by atoms with Crippen molar-refractivity contribution in [1.29, 1.82) is 0 Å². The highest BCUT2D eigenvalue weighted by molar-refractivity contribution is 7.99. The van der Waals surface area contributed by atoms with Gasteiger partial charge in [-0.3, -0.25) is 14.2 Å². The highest BCUT2D eigenvalue weighted by Gasteiger charge is 2.29. The number of nitrogens with one attached hydrogen (secondary N) is 1. The maximum atomic E-state index is 13.1. The molecule has 1 aliphatic rings. The topological polar surface area (TPSA) is 81.8 Å². The average Bonchev–Trinajstić information content (AvgIpc) is 3.35. The monoisotopic (exact) mass is 421 g/mol. The van der Waals surface area contributed by atoms with Gasteiger partial charge in [-0.15, -0.1) is 0 Å². The van der Waals surface area contributed by atoms with E-state index >= 15 is 0 Å². The molecule has 0 bridgehead atoms. The number of carbonyl (C=O) groups is 1. The van der Waals surface area contributed by atoms with Crippen LogP contribution in [0.15, 0.2) is 70.7 Å². The number of rotatable bonds is 4. The summed E-state index contributed by atoms with van der Waals surface area (Å²) in [6.07, 6.45) is 1.64. The van der Waals surface area contributed by atoms with E-state index < -0.39 is 0 Å². The molecule has 0 unspecified atom stereocenters. The number of hydrogen-bond acceptors (Lipinski definition) is 5. The van der Waals surface area contributed by atoms with E-state index in [9.17, 15) is 14.0 Å². The number of carbonyl (C=O) groups excluding carboxylic acids is 1. The number of nitrogens with zero attached hydrogens (tertiary/aromatic N) is 4. The van der Waals surface area contributed by atoms with Crippen LogP contribution >= 0.6 is 11.8 Å². The van der Waals surface area contributed by atoms with Gasteiger partial charge < -0.3 is 5.32 Å². The van der Waals surface area contributed by atoms with Gasteiger partial charge in [0.25, 0.3) is 5.56 Å². The fourth-order valence-corrected chi connectivity index (χ4v) is 4.63. The summed E-state index contributed by atoms with van der Waals surface area (Å²) in [6, 6.07) is 14.8. The molecule has 1 aliphatic heterocycles. The molecule has 9 heteroatoms. The van der Waals surface area contributed by atoms with Crippen molar-refractivity contribution >= 4 is 34.4 Å². The van der Waals surface area contributed by atoms with Crippen LogP contribution in [0.3, 0.4) is 0 Å². The van der Waals surface area contributed by atoms with Crippen LogP contribution in [0, 0.1) is 5.82 Å². The van der Waals surface area contributed by atoms with E-state index in [1.807, 2.05) is 30.3 Å². The molecule has 1 N–H and O–H groups in total. The minimum atomic E-state index is -0.369. The van der Waals surface area contributed by atoms with Crippen molar-refractivity contribution in [2.24, 2.45) is 0 Å². The number of amides is 1. The minimum absolute atomic E-state index is 0.122. The zero-order valence-electron chi connectivity index (χ0n) is 15.7. The van der Waals surface area contributed by atoms with E-state index in [-0.39, 0.29) is 29.7 Å². The molecule has 7 nitrogen and oxygen atoms in total. The Morgan fingerprint density at radius 2 is 1.93 bits per heavy atom. The number of fused-ring (bicyclic) bond motifs is 2. The molecule has 30 heavy (non-hydrogen) atoms. The highest BCUT2D eigenvalue weighted by Crippen LogP contribution is 2.33. The molecule has 4 aromatic rings. The van der Waals surface area contributed by atoms with Gasteiger partial charge in [-0.25, -0.2) is 14.1 Å². The van der Waals surface area contributed by atoms with E-state index in [0.29, 0.717) is 27.6 Å². The summed E-state index contributed by atoms with van der Waals surface area (Å²) < 4.78 is 16.3. The Kier molecular flexibility index (Phi) is 4.59. The van der Waals surface area contributed by atoms with Crippen molar-refractivity contribution in [3.8, 4) is 5.69 Å². The second kappa shape index (κ2) is 7.42. The SMILES string of the molecule is O=C(C[C@H]1CSc2nc3c(cnn3-c3ccccc3)c(=O)n21)Nc1ccc(F)cc1. The molecule has 1 atom stereocenters. The van der Waals surface area contributed by atoms with Gasteiger partial charge in [0.15, 0.2) is 10.8 Å². The van der Waals surface area contributed by atoms with Crippen molar-refractivity contribution in [3.63, 3.8) is 0 Å². The minimum Gasteiger partial charge on any atom is -0.326 e. The number of hydrogen-bond donors (Lipinski definition) is 1. The number of para-hydroxylation sites is 1. The van der Waals surface area contributed by atoms with Crippen molar-refractivity contribution in [2.75, 3.05) is 11.1 Å². The molecule has 0 radical (unpaired) electrons. The van der Waals surface area contributed by atoms with Crippen LogP contribution in [0.25, 0.3) is 16.7 Å². The lowest BCUT2D eigenvalue weighted by molar-refractivity contribution is -0.116. The van der Waals surface area contributed by atoms with Gasteiger partial charge in [-0.1, -0.05) is 30.0 Å². The lowest BCUT2D eigenvalue weighted by Crippen LogP contribution is -2.27. The summed E-state index contributed by atoms with van der Waals surface area (Å²) >= 11 is 1.44. The molecule has 0 aliphatic carbocycles. The van der Waals surface area contributed by atoms with Crippen molar-refractivity contribution in [3.05, 3.63) is 77.0 Å². The van der Waals surface area contributed by atoms with Crippen LogP contribution in [-0.4, -0.2) is 31.0 Å². The van der Waals surface area contributed by atoms with Gasteiger partial charge in [-0.05, 0) is 36.4 Å². The van der Waals surface area contributed by atoms with Crippen LogP contribution in [0.5, 0.6) is 0 Å². The first-order valence-electron chi connectivity index (χ1n) is 9.34. The third-order valence-electron chi connectivity index (χ3n) is 4.92.